The predicted octanol–water partition coefficient (Wildman–Crippen LogP) is 0.464. The van der Waals surface area contributed by atoms with Crippen LogP contribution in [0.3, 0.4) is 0 Å². The Morgan fingerprint density at radius 3 is 1.80 bits per heavy atom. The van der Waals surface area contributed by atoms with Crippen molar-refractivity contribution in [3.63, 3.8) is 0 Å². The van der Waals surface area contributed by atoms with E-state index >= 15 is 0 Å². The molecular formula is C4H5Ga. The predicted molar refractivity (Wildman–Crippen MR) is 25.4 cm³/mol. The van der Waals surface area contributed by atoms with Gasteiger partial charge in [-0.3, -0.25) is 0 Å². The Hall–Kier alpha value is 0.116. The average Bonchev–Trinajstić information content (AvgIpc) is 1.76. The molecule has 0 bridgehead atoms. The maximum absolute atomic E-state index is 2.31. The van der Waals surface area contributed by atoms with Crippen molar-refractivity contribution in [3.05, 3.63) is 21.4 Å². The molecule has 24 valence electrons. The molecule has 0 unspecified atom stereocenters. The van der Waals surface area contributed by atoms with Gasteiger partial charge in [-0.05, 0) is 0 Å². The molecule has 0 aromatic heterocycles. The molecule has 1 aliphatic heterocycles. The third kappa shape index (κ3) is 0.704. The van der Waals surface area contributed by atoms with Crippen molar-refractivity contribution in [1.82, 2.24) is 0 Å². The molecule has 0 atom stereocenters. The summed E-state index contributed by atoms with van der Waals surface area (Å²) >= 11 is -0.153. The molecule has 0 spiro atoms. The van der Waals surface area contributed by atoms with Gasteiger partial charge in [0.05, 0.1) is 0 Å². The van der Waals surface area contributed by atoms with E-state index < -0.39 is 0 Å². The van der Waals surface area contributed by atoms with Crippen LogP contribution in [0.4, 0.5) is 0 Å². The second kappa shape index (κ2) is 1.53. The second-order valence-electron chi connectivity index (χ2n) is 1.09. The van der Waals surface area contributed by atoms with Crippen LogP contribution in [-0.2, 0) is 0 Å². The van der Waals surface area contributed by atoms with E-state index in [4.69, 9.17) is 0 Å². The molecule has 1 heterocycles. The first-order chi connectivity index (χ1) is 2.50. The van der Waals surface area contributed by atoms with Gasteiger partial charge in [0.1, 0.15) is 0 Å². The third-order valence-electron chi connectivity index (χ3n) is 0.655. The van der Waals surface area contributed by atoms with E-state index in [1.54, 1.807) is 0 Å². The first-order valence-electron chi connectivity index (χ1n) is 1.82. The molecule has 1 aliphatic rings. The Morgan fingerprint density at radius 1 is 1.00 bits per heavy atom. The molecule has 1 heteroatoms. The minimum atomic E-state index is -0.153. The van der Waals surface area contributed by atoms with Gasteiger partial charge in [0.2, 0.25) is 0 Å². The fourth-order valence-electron chi connectivity index (χ4n) is 0.393. The number of hydrogen-bond donors (Lipinski definition) is 0. The summed E-state index contributed by atoms with van der Waals surface area (Å²) in [6, 6.07) is 0. The van der Waals surface area contributed by atoms with Gasteiger partial charge in [-0.15, -0.1) is 0 Å². The van der Waals surface area contributed by atoms with Crippen LogP contribution >= 0.6 is 0 Å². The zero-order valence-electron chi connectivity index (χ0n) is 3.02. The molecule has 0 amide bonds. The first-order valence-corrected chi connectivity index (χ1v) is 5.24. The van der Waals surface area contributed by atoms with E-state index in [-0.39, 0.29) is 17.4 Å². The number of allylic oxidation sites excluding steroid dienone is 2. The third-order valence-corrected chi connectivity index (χ3v) is 2.94. The summed E-state index contributed by atoms with van der Waals surface area (Å²) in [6.07, 6.45) is 4.28. The van der Waals surface area contributed by atoms with E-state index in [2.05, 4.69) is 21.4 Å². The zero-order valence-corrected chi connectivity index (χ0v) is 5.98. The molecule has 0 radical (unpaired) electrons. The molecule has 0 saturated carbocycles. The fraction of sp³-hybridized carbons (Fsp3) is 0. The summed E-state index contributed by atoms with van der Waals surface area (Å²) in [6.45, 7) is 0. The maximum atomic E-state index is 2.31. The van der Waals surface area contributed by atoms with Crippen LogP contribution in [0.2, 0.25) is 0 Å². The van der Waals surface area contributed by atoms with E-state index in [9.17, 15) is 0 Å². The quantitative estimate of drug-likeness (QED) is 0.410. The standard InChI is InChI=1S/C4H4.Ga.H/c1-3-4-2;;/h1-4H;;. The van der Waals surface area contributed by atoms with E-state index in [0.29, 0.717) is 0 Å². The molecule has 0 N–H and O–H groups in total. The fourth-order valence-corrected chi connectivity index (χ4v) is 2.04. The Balaban J connectivity index is 2.61. The Morgan fingerprint density at radius 2 is 1.60 bits per heavy atom. The minimum absolute atomic E-state index is 0.153. The Labute approximate surface area is 39.4 Å². The summed E-state index contributed by atoms with van der Waals surface area (Å²) in [7, 11) is 0. The topological polar surface area (TPSA) is 0 Å². The molecule has 0 aromatic carbocycles. The van der Waals surface area contributed by atoms with Gasteiger partial charge in [0, 0.05) is 0 Å². The summed E-state index contributed by atoms with van der Waals surface area (Å²) in [4.78, 5) is 0. The molecule has 0 saturated heterocycles. The van der Waals surface area contributed by atoms with Crippen molar-refractivity contribution in [2.24, 2.45) is 0 Å². The van der Waals surface area contributed by atoms with E-state index in [1.807, 2.05) is 0 Å². The Kier molecular flexibility index (Phi) is 1.01. The van der Waals surface area contributed by atoms with Crippen LogP contribution in [0.15, 0.2) is 21.4 Å². The van der Waals surface area contributed by atoms with Crippen molar-refractivity contribution in [2.45, 2.75) is 0 Å². The van der Waals surface area contributed by atoms with Gasteiger partial charge >= 0.3 is 38.8 Å². The van der Waals surface area contributed by atoms with Gasteiger partial charge < -0.3 is 0 Å². The van der Waals surface area contributed by atoms with Crippen LogP contribution in [0.25, 0.3) is 0 Å². The van der Waals surface area contributed by atoms with Gasteiger partial charge in [0.15, 0.2) is 0 Å². The molecular weight excluding hydrogens is 118 g/mol. The molecule has 1 rings (SSSR count). The van der Waals surface area contributed by atoms with Crippen LogP contribution in [0.5, 0.6) is 0 Å². The van der Waals surface area contributed by atoms with Gasteiger partial charge in [0.25, 0.3) is 0 Å². The van der Waals surface area contributed by atoms with Crippen LogP contribution in [0.1, 0.15) is 0 Å². The molecule has 5 heavy (non-hydrogen) atoms. The molecule has 0 nitrogen and oxygen atoms in total. The Bertz CT molecular complexity index is 61.7. The van der Waals surface area contributed by atoms with Crippen molar-refractivity contribution >= 4 is 17.4 Å². The van der Waals surface area contributed by atoms with Gasteiger partial charge in [-0.1, -0.05) is 0 Å². The summed E-state index contributed by atoms with van der Waals surface area (Å²) < 4.78 is 4.62. The first kappa shape index (κ1) is 3.31. The molecule has 0 aliphatic carbocycles. The number of hydrogen-bond acceptors (Lipinski definition) is 0. The average molecular weight is 123 g/mol. The van der Waals surface area contributed by atoms with Crippen molar-refractivity contribution < 1.29 is 0 Å². The van der Waals surface area contributed by atoms with Crippen LogP contribution in [-0.4, -0.2) is 17.4 Å². The summed E-state index contributed by atoms with van der Waals surface area (Å²) in [5.74, 6) is 0. The van der Waals surface area contributed by atoms with Crippen molar-refractivity contribution in [1.29, 1.82) is 0 Å². The van der Waals surface area contributed by atoms with Gasteiger partial charge in [-0.2, -0.15) is 0 Å². The molecule has 0 aromatic rings. The summed E-state index contributed by atoms with van der Waals surface area (Å²) in [5.41, 5.74) is 0. The van der Waals surface area contributed by atoms with Crippen LogP contribution < -0.4 is 0 Å². The van der Waals surface area contributed by atoms with Gasteiger partial charge in [-0.25, -0.2) is 0 Å². The number of rotatable bonds is 0. The normalized spacial score (nSPS) is 16.0. The second-order valence-corrected chi connectivity index (χ2v) is 4.06. The van der Waals surface area contributed by atoms with E-state index in [1.165, 1.54) is 0 Å². The monoisotopic (exact) mass is 122 g/mol. The van der Waals surface area contributed by atoms with Crippen molar-refractivity contribution in [3.8, 4) is 0 Å². The van der Waals surface area contributed by atoms with E-state index in [0.717, 1.165) is 0 Å². The SMILES string of the molecule is C1=[CH][GaH][CH]=C1. The molecule has 0 fully saturated rings. The van der Waals surface area contributed by atoms with Crippen LogP contribution in [0, 0.1) is 0 Å². The summed E-state index contributed by atoms with van der Waals surface area (Å²) in [5, 5.41) is 0. The zero-order chi connectivity index (χ0) is 3.54. The van der Waals surface area contributed by atoms with Crippen molar-refractivity contribution in [2.75, 3.05) is 0 Å².